The van der Waals surface area contributed by atoms with Gasteiger partial charge in [0.25, 0.3) is 0 Å². The quantitative estimate of drug-likeness (QED) is 0.131. The van der Waals surface area contributed by atoms with Gasteiger partial charge in [-0.1, -0.05) is 42.5 Å². The maximum absolute atomic E-state index is 12.4. The predicted molar refractivity (Wildman–Crippen MR) is 126 cm³/mol. The van der Waals surface area contributed by atoms with E-state index in [1.165, 1.54) is 14.7 Å². The van der Waals surface area contributed by atoms with Crippen LogP contribution in [0.1, 0.15) is 10.4 Å². The molecular formula is C25H18IO2S+. The van der Waals surface area contributed by atoms with Crippen molar-refractivity contribution in [2.24, 2.45) is 0 Å². The van der Waals surface area contributed by atoms with Crippen LogP contribution in [0.15, 0.2) is 124 Å². The Labute approximate surface area is 187 Å². The second-order valence-corrected chi connectivity index (χ2v) is 9.58. The molecule has 0 aliphatic rings. The van der Waals surface area contributed by atoms with E-state index < -0.39 is 0 Å². The molecule has 0 fully saturated rings. The number of carbonyl (C=O) groups is 1. The largest absolute Gasteiger partial charge is 0.423 e. The Morgan fingerprint density at radius 3 is 1.76 bits per heavy atom. The van der Waals surface area contributed by atoms with Crippen molar-refractivity contribution in [2.45, 2.75) is 14.7 Å². The Morgan fingerprint density at radius 1 is 0.655 bits per heavy atom. The highest BCUT2D eigenvalue weighted by atomic mass is 127. The lowest BCUT2D eigenvalue weighted by Gasteiger charge is -2.09. The summed E-state index contributed by atoms with van der Waals surface area (Å²) in [7, 11) is -0.216. The molecule has 0 atom stereocenters. The molecule has 142 valence electrons. The average molecular weight is 509 g/mol. The normalized spacial score (nSPS) is 10.7. The number of ether oxygens (including phenoxy) is 1. The number of halogens is 1. The van der Waals surface area contributed by atoms with Crippen LogP contribution in [-0.2, 0) is 10.9 Å². The Hall–Kier alpha value is -2.57. The molecule has 0 aliphatic carbocycles. The van der Waals surface area contributed by atoms with Gasteiger partial charge < -0.3 is 4.74 Å². The first kappa shape index (κ1) is 19.7. The van der Waals surface area contributed by atoms with Crippen LogP contribution in [0.5, 0.6) is 5.75 Å². The fourth-order valence-electron chi connectivity index (χ4n) is 2.95. The molecule has 0 saturated heterocycles. The van der Waals surface area contributed by atoms with Crippen molar-refractivity contribution in [1.82, 2.24) is 0 Å². The number of hydrogen-bond acceptors (Lipinski definition) is 2. The highest BCUT2D eigenvalue weighted by Crippen LogP contribution is 2.32. The predicted octanol–water partition coefficient (Wildman–Crippen LogP) is 6.61. The first-order valence-corrected chi connectivity index (χ1v) is 11.4. The second kappa shape index (κ2) is 9.29. The summed E-state index contributed by atoms with van der Waals surface area (Å²) in [6.45, 7) is 0. The van der Waals surface area contributed by atoms with E-state index in [0.29, 0.717) is 11.3 Å². The Bertz CT molecular complexity index is 1060. The number of carbonyl (C=O) groups excluding carboxylic acids is 1. The highest BCUT2D eigenvalue weighted by molar-refractivity contribution is 14.1. The molecule has 4 aromatic rings. The van der Waals surface area contributed by atoms with Crippen molar-refractivity contribution in [3.8, 4) is 5.75 Å². The molecule has 0 N–H and O–H groups in total. The Morgan fingerprint density at radius 2 is 1.21 bits per heavy atom. The molecule has 4 rings (SSSR count). The van der Waals surface area contributed by atoms with Crippen LogP contribution < -0.4 is 4.74 Å². The third-order valence-corrected chi connectivity index (χ3v) is 7.19. The minimum atomic E-state index is -0.346. The van der Waals surface area contributed by atoms with Crippen LogP contribution in [0.25, 0.3) is 0 Å². The molecule has 0 aliphatic heterocycles. The number of esters is 1. The number of hydrogen-bond donors (Lipinski definition) is 0. The van der Waals surface area contributed by atoms with Crippen molar-refractivity contribution < 1.29 is 9.53 Å². The van der Waals surface area contributed by atoms with Crippen LogP contribution in [0, 0.1) is 3.57 Å². The zero-order valence-electron chi connectivity index (χ0n) is 15.5. The van der Waals surface area contributed by atoms with Gasteiger partial charge in [0.2, 0.25) is 0 Å². The molecule has 29 heavy (non-hydrogen) atoms. The molecule has 0 aromatic heterocycles. The molecule has 2 nitrogen and oxygen atoms in total. The van der Waals surface area contributed by atoms with E-state index in [-0.39, 0.29) is 16.9 Å². The molecule has 4 heteroatoms. The zero-order chi connectivity index (χ0) is 20.1. The third-order valence-electron chi connectivity index (χ3n) is 4.29. The smallest absolute Gasteiger partial charge is 0.343 e. The lowest BCUT2D eigenvalue weighted by molar-refractivity contribution is 0.0734. The van der Waals surface area contributed by atoms with E-state index in [2.05, 4.69) is 71.1 Å². The van der Waals surface area contributed by atoms with Crippen molar-refractivity contribution in [3.05, 3.63) is 118 Å². The molecule has 0 amide bonds. The molecular weight excluding hydrogens is 491 g/mol. The van der Waals surface area contributed by atoms with Gasteiger partial charge in [-0.15, -0.1) is 0 Å². The molecule has 0 bridgehead atoms. The zero-order valence-corrected chi connectivity index (χ0v) is 18.5. The van der Waals surface area contributed by atoms with Crippen LogP contribution in [0.4, 0.5) is 0 Å². The SMILES string of the molecule is O=C(Oc1ccc([S+](c2ccccc2)c2ccccc2)cc1)c1cccc(I)c1. The standard InChI is InChI=1S/C25H18IO2S/c26-20-9-7-8-19(18-20)25(27)28-21-14-16-24(17-15-21)29(22-10-3-1-4-11-22)23-12-5-2-6-13-23/h1-18H/q+1. The van der Waals surface area contributed by atoms with Crippen molar-refractivity contribution in [3.63, 3.8) is 0 Å². The van der Waals surface area contributed by atoms with Gasteiger partial charge in [0.1, 0.15) is 5.75 Å². The van der Waals surface area contributed by atoms with Crippen molar-refractivity contribution in [2.75, 3.05) is 0 Å². The van der Waals surface area contributed by atoms with Gasteiger partial charge in [-0.3, -0.25) is 0 Å². The molecule has 0 heterocycles. The molecule has 0 spiro atoms. The summed E-state index contributed by atoms with van der Waals surface area (Å²) in [6.07, 6.45) is 0. The Balaban J connectivity index is 1.60. The summed E-state index contributed by atoms with van der Waals surface area (Å²) in [5.74, 6) is 0.198. The molecule has 0 radical (unpaired) electrons. The summed E-state index contributed by atoms with van der Waals surface area (Å²) in [5, 5.41) is 0. The Kier molecular flexibility index (Phi) is 6.32. The van der Waals surface area contributed by atoms with E-state index in [1.54, 1.807) is 6.07 Å². The average Bonchev–Trinajstić information content (AvgIpc) is 2.77. The summed E-state index contributed by atoms with van der Waals surface area (Å²) in [6, 6.07) is 36.1. The van der Waals surface area contributed by atoms with Gasteiger partial charge in [0.05, 0.1) is 16.5 Å². The fraction of sp³-hybridized carbons (Fsp3) is 0. The minimum Gasteiger partial charge on any atom is -0.423 e. The minimum absolute atomic E-state index is 0.216. The van der Waals surface area contributed by atoms with E-state index in [4.69, 9.17) is 4.74 Å². The number of benzene rings is 4. The fourth-order valence-corrected chi connectivity index (χ4v) is 5.57. The van der Waals surface area contributed by atoms with E-state index in [0.717, 1.165) is 3.57 Å². The van der Waals surface area contributed by atoms with E-state index >= 15 is 0 Å². The van der Waals surface area contributed by atoms with Gasteiger partial charge in [0.15, 0.2) is 14.7 Å². The van der Waals surface area contributed by atoms with Crippen LogP contribution in [-0.4, -0.2) is 5.97 Å². The van der Waals surface area contributed by atoms with Crippen LogP contribution >= 0.6 is 22.6 Å². The summed E-state index contributed by atoms with van der Waals surface area (Å²) >= 11 is 2.19. The maximum atomic E-state index is 12.4. The topological polar surface area (TPSA) is 26.3 Å². The molecule has 0 saturated carbocycles. The lowest BCUT2D eigenvalue weighted by Crippen LogP contribution is -2.09. The van der Waals surface area contributed by atoms with Gasteiger partial charge in [-0.05, 0) is 89.3 Å². The first-order chi connectivity index (χ1) is 14.2. The first-order valence-electron chi connectivity index (χ1n) is 9.13. The van der Waals surface area contributed by atoms with Crippen LogP contribution in [0.2, 0.25) is 0 Å². The molecule has 4 aromatic carbocycles. The van der Waals surface area contributed by atoms with Crippen molar-refractivity contribution in [1.29, 1.82) is 0 Å². The number of rotatable bonds is 5. The summed E-state index contributed by atoms with van der Waals surface area (Å²) in [4.78, 5) is 16.1. The van der Waals surface area contributed by atoms with Gasteiger partial charge in [-0.25, -0.2) is 4.79 Å². The highest BCUT2D eigenvalue weighted by Gasteiger charge is 2.28. The van der Waals surface area contributed by atoms with Gasteiger partial charge in [-0.2, -0.15) is 0 Å². The monoisotopic (exact) mass is 509 g/mol. The van der Waals surface area contributed by atoms with E-state index in [1.807, 2.05) is 54.6 Å². The third kappa shape index (κ3) is 4.89. The molecule has 0 unspecified atom stereocenters. The van der Waals surface area contributed by atoms with Gasteiger partial charge in [0, 0.05) is 3.57 Å². The second-order valence-electron chi connectivity index (χ2n) is 6.30. The summed E-state index contributed by atoms with van der Waals surface area (Å²) < 4.78 is 6.56. The lowest BCUT2D eigenvalue weighted by atomic mass is 10.2. The van der Waals surface area contributed by atoms with Crippen LogP contribution in [0.3, 0.4) is 0 Å². The van der Waals surface area contributed by atoms with E-state index in [9.17, 15) is 4.79 Å². The van der Waals surface area contributed by atoms with Gasteiger partial charge >= 0.3 is 5.97 Å². The maximum Gasteiger partial charge on any atom is 0.343 e. The van der Waals surface area contributed by atoms with Crippen molar-refractivity contribution >= 4 is 39.5 Å². The summed E-state index contributed by atoms with van der Waals surface area (Å²) in [5.41, 5.74) is 0.550.